The summed E-state index contributed by atoms with van der Waals surface area (Å²) in [6.45, 7) is 5.81. The van der Waals surface area contributed by atoms with Crippen LogP contribution in [-0.4, -0.2) is 52.1 Å². The average Bonchev–Trinajstić information content (AvgIpc) is 2.74. The summed E-state index contributed by atoms with van der Waals surface area (Å²) in [7, 11) is 4.23. The van der Waals surface area contributed by atoms with Crippen molar-refractivity contribution in [3.05, 3.63) is 23.8 Å². The zero-order valence-electron chi connectivity index (χ0n) is 19.2. The van der Waals surface area contributed by atoms with Crippen molar-refractivity contribution in [3.8, 4) is 0 Å². The van der Waals surface area contributed by atoms with E-state index in [4.69, 9.17) is 0 Å². The molecule has 6 heteroatoms. The molecule has 0 saturated carbocycles. The van der Waals surface area contributed by atoms with Crippen LogP contribution in [0.15, 0.2) is 18.2 Å². The van der Waals surface area contributed by atoms with Crippen LogP contribution >= 0.6 is 0 Å². The standard InChI is InChI=1S/C24H40N4O2/c1-4-5-6-8-12-23(29)26-20-13-14-22(28-17-9-7-10-18-28)21(19-20)24(30)25-15-11-16-27(2)3/h13-14,19H,4-12,15-18H2,1-3H3,(H,25,30)(H,26,29)/p+1. The Hall–Kier alpha value is -2.08. The van der Waals surface area contributed by atoms with Crippen molar-refractivity contribution in [2.75, 3.05) is 50.5 Å². The second-order valence-electron chi connectivity index (χ2n) is 8.71. The lowest BCUT2D eigenvalue weighted by atomic mass is 10.1. The summed E-state index contributed by atoms with van der Waals surface area (Å²) in [5.74, 6) is -0.0273. The summed E-state index contributed by atoms with van der Waals surface area (Å²) >= 11 is 0. The monoisotopic (exact) mass is 417 g/mol. The highest BCUT2D eigenvalue weighted by molar-refractivity contribution is 6.02. The van der Waals surface area contributed by atoms with Crippen LogP contribution < -0.4 is 20.4 Å². The van der Waals surface area contributed by atoms with E-state index in [-0.39, 0.29) is 11.8 Å². The van der Waals surface area contributed by atoms with Gasteiger partial charge in [-0.15, -0.1) is 0 Å². The minimum Gasteiger partial charge on any atom is -0.371 e. The maximum atomic E-state index is 13.0. The lowest BCUT2D eigenvalue weighted by Crippen LogP contribution is -3.05. The van der Waals surface area contributed by atoms with Gasteiger partial charge in [0.2, 0.25) is 5.91 Å². The van der Waals surface area contributed by atoms with Gasteiger partial charge in [0.05, 0.1) is 26.2 Å². The highest BCUT2D eigenvalue weighted by Crippen LogP contribution is 2.27. The van der Waals surface area contributed by atoms with Gasteiger partial charge in [-0.05, 0) is 43.9 Å². The van der Waals surface area contributed by atoms with Gasteiger partial charge in [-0.3, -0.25) is 9.59 Å². The van der Waals surface area contributed by atoms with Crippen LogP contribution in [0.2, 0.25) is 0 Å². The van der Waals surface area contributed by atoms with Gasteiger partial charge in [-0.25, -0.2) is 0 Å². The molecule has 3 N–H and O–H groups in total. The molecule has 0 unspecified atom stereocenters. The van der Waals surface area contributed by atoms with Crippen molar-refractivity contribution in [2.45, 2.75) is 64.7 Å². The van der Waals surface area contributed by atoms with Crippen molar-refractivity contribution in [3.63, 3.8) is 0 Å². The highest BCUT2D eigenvalue weighted by Gasteiger charge is 2.19. The minimum absolute atomic E-state index is 0.0251. The van der Waals surface area contributed by atoms with E-state index in [1.807, 2.05) is 18.2 Å². The number of quaternary nitrogens is 1. The summed E-state index contributed by atoms with van der Waals surface area (Å²) in [5, 5.41) is 6.06. The van der Waals surface area contributed by atoms with Crippen molar-refractivity contribution >= 4 is 23.2 Å². The number of nitrogens with zero attached hydrogens (tertiary/aromatic N) is 1. The van der Waals surface area contributed by atoms with Crippen molar-refractivity contribution in [1.82, 2.24) is 5.32 Å². The fraction of sp³-hybridized carbons (Fsp3) is 0.667. The summed E-state index contributed by atoms with van der Waals surface area (Å²) < 4.78 is 0. The van der Waals surface area contributed by atoms with Gasteiger partial charge in [0.1, 0.15) is 0 Å². The van der Waals surface area contributed by atoms with Gasteiger partial charge < -0.3 is 20.4 Å². The molecule has 2 amide bonds. The van der Waals surface area contributed by atoms with Gasteiger partial charge in [-0.2, -0.15) is 0 Å². The second kappa shape index (κ2) is 13.3. The zero-order valence-corrected chi connectivity index (χ0v) is 19.2. The first-order valence-corrected chi connectivity index (χ1v) is 11.8. The summed E-state index contributed by atoms with van der Waals surface area (Å²) in [5.41, 5.74) is 2.35. The van der Waals surface area contributed by atoms with Crippen LogP contribution in [0, 0.1) is 0 Å². The predicted molar refractivity (Wildman–Crippen MR) is 125 cm³/mol. The number of piperidine rings is 1. The van der Waals surface area contributed by atoms with Crippen LogP contribution in [0.1, 0.15) is 75.1 Å². The Morgan fingerprint density at radius 1 is 1.03 bits per heavy atom. The zero-order chi connectivity index (χ0) is 21.8. The Bertz CT molecular complexity index is 669. The summed E-state index contributed by atoms with van der Waals surface area (Å²) in [6.07, 6.45) is 9.35. The number of nitrogens with one attached hydrogen (secondary N) is 3. The smallest absolute Gasteiger partial charge is 0.253 e. The Morgan fingerprint density at radius 2 is 1.80 bits per heavy atom. The predicted octanol–water partition coefficient (Wildman–Crippen LogP) is 2.85. The van der Waals surface area contributed by atoms with E-state index in [0.29, 0.717) is 24.2 Å². The van der Waals surface area contributed by atoms with Crippen LogP contribution in [0.3, 0.4) is 0 Å². The second-order valence-corrected chi connectivity index (χ2v) is 8.71. The Balaban J connectivity index is 2.06. The molecular formula is C24H41N4O2+. The molecule has 0 aromatic heterocycles. The van der Waals surface area contributed by atoms with Gasteiger partial charge in [0, 0.05) is 43.9 Å². The minimum atomic E-state index is -0.0524. The third-order valence-electron chi connectivity index (χ3n) is 5.62. The van der Waals surface area contributed by atoms with Crippen LogP contribution in [0.5, 0.6) is 0 Å². The molecular weight excluding hydrogens is 376 g/mol. The normalized spacial score (nSPS) is 14.1. The summed E-state index contributed by atoms with van der Waals surface area (Å²) in [6, 6.07) is 5.78. The average molecular weight is 418 g/mol. The van der Waals surface area contributed by atoms with Gasteiger partial charge in [0.15, 0.2) is 0 Å². The molecule has 0 aliphatic carbocycles. The highest BCUT2D eigenvalue weighted by atomic mass is 16.2. The summed E-state index contributed by atoms with van der Waals surface area (Å²) in [4.78, 5) is 29.0. The molecule has 1 aliphatic heterocycles. The third-order valence-corrected chi connectivity index (χ3v) is 5.62. The maximum absolute atomic E-state index is 13.0. The van der Waals surface area contributed by atoms with E-state index in [9.17, 15) is 9.59 Å². The number of amides is 2. The molecule has 0 radical (unpaired) electrons. The van der Waals surface area contributed by atoms with Crippen molar-refractivity contribution in [1.29, 1.82) is 0 Å². The SMILES string of the molecule is CCCCCCC(=O)Nc1ccc(N2CCCCC2)c(C(=O)NCCC[NH+](C)C)c1. The molecule has 2 rings (SSSR count). The van der Waals surface area contributed by atoms with E-state index >= 15 is 0 Å². The first kappa shape index (κ1) is 24.2. The number of benzene rings is 1. The Morgan fingerprint density at radius 3 is 2.50 bits per heavy atom. The molecule has 1 aromatic carbocycles. The van der Waals surface area contributed by atoms with Gasteiger partial charge >= 0.3 is 0 Å². The van der Waals surface area contributed by atoms with E-state index in [0.717, 1.165) is 70.3 Å². The maximum Gasteiger partial charge on any atom is 0.253 e. The number of carbonyl (C=O) groups excluding carboxylic acids is 2. The molecule has 168 valence electrons. The topological polar surface area (TPSA) is 65.9 Å². The molecule has 0 spiro atoms. The van der Waals surface area contributed by atoms with Crippen LogP contribution in [-0.2, 0) is 4.79 Å². The third kappa shape index (κ3) is 8.34. The Kier molecular flexibility index (Phi) is 10.7. The first-order chi connectivity index (χ1) is 14.5. The quantitative estimate of drug-likeness (QED) is 0.458. The van der Waals surface area contributed by atoms with E-state index in [1.165, 1.54) is 11.3 Å². The fourth-order valence-electron chi connectivity index (χ4n) is 3.88. The number of rotatable bonds is 12. The van der Waals surface area contributed by atoms with Gasteiger partial charge in [-0.1, -0.05) is 26.2 Å². The molecule has 0 bridgehead atoms. The fourth-order valence-corrected chi connectivity index (χ4v) is 3.88. The van der Waals surface area contributed by atoms with Crippen molar-refractivity contribution < 1.29 is 14.5 Å². The number of hydrogen-bond donors (Lipinski definition) is 3. The molecule has 0 atom stereocenters. The van der Waals surface area contributed by atoms with E-state index < -0.39 is 0 Å². The largest absolute Gasteiger partial charge is 0.371 e. The number of hydrogen-bond acceptors (Lipinski definition) is 3. The van der Waals surface area contributed by atoms with Crippen LogP contribution in [0.25, 0.3) is 0 Å². The molecule has 1 aliphatic rings. The number of unbranched alkanes of at least 4 members (excludes halogenated alkanes) is 3. The molecule has 1 fully saturated rings. The Labute approximate surface area is 182 Å². The van der Waals surface area contributed by atoms with E-state index in [1.54, 1.807) is 0 Å². The molecule has 1 heterocycles. The van der Waals surface area contributed by atoms with Gasteiger partial charge in [0.25, 0.3) is 5.91 Å². The lowest BCUT2D eigenvalue weighted by molar-refractivity contribution is -0.858. The first-order valence-electron chi connectivity index (χ1n) is 11.8. The molecule has 1 saturated heterocycles. The number of anilines is 2. The molecule has 6 nitrogen and oxygen atoms in total. The lowest BCUT2D eigenvalue weighted by Gasteiger charge is -2.30. The molecule has 1 aromatic rings. The van der Waals surface area contributed by atoms with Crippen LogP contribution in [0.4, 0.5) is 11.4 Å². The van der Waals surface area contributed by atoms with E-state index in [2.05, 4.69) is 36.6 Å². The number of carbonyl (C=O) groups is 2. The van der Waals surface area contributed by atoms with Crippen molar-refractivity contribution in [2.24, 2.45) is 0 Å². The molecule has 30 heavy (non-hydrogen) atoms.